The second-order valence-corrected chi connectivity index (χ2v) is 6.54. The minimum Gasteiger partial charge on any atom is -0.467 e. The van der Waals surface area contributed by atoms with Crippen LogP contribution in [0.4, 0.5) is 0 Å². The molecule has 2 aliphatic rings. The van der Waals surface area contributed by atoms with E-state index in [0.29, 0.717) is 6.04 Å². The molecule has 1 aromatic rings. The van der Waals surface area contributed by atoms with Crippen LogP contribution in [0, 0.1) is 6.92 Å². The summed E-state index contributed by atoms with van der Waals surface area (Å²) in [6.45, 7) is 2.08. The number of carbonyl (C=O) groups excluding carboxylic acids is 1. The van der Waals surface area contributed by atoms with Crippen molar-refractivity contribution in [3.63, 3.8) is 0 Å². The number of carbonyl (C=O) groups is 1. The van der Waals surface area contributed by atoms with Crippen LogP contribution in [0.5, 0.6) is 0 Å². The van der Waals surface area contributed by atoms with Crippen molar-refractivity contribution in [1.82, 2.24) is 5.32 Å². The lowest BCUT2D eigenvalue weighted by molar-refractivity contribution is -0.149. The Bertz CT molecular complexity index is 534. The molecule has 0 saturated heterocycles. The first-order chi connectivity index (χ1) is 10.2. The second-order valence-electron chi connectivity index (χ2n) is 6.54. The van der Waals surface area contributed by atoms with E-state index in [1.807, 2.05) is 0 Å². The number of fused-ring (bicyclic) bond motifs is 1. The van der Waals surface area contributed by atoms with Crippen molar-refractivity contribution in [2.75, 3.05) is 7.11 Å². The molecule has 1 fully saturated rings. The predicted octanol–water partition coefficient (Wildman–Crippen LogP) is 3.23. The third kappa shape index (κ3) is 2.59. The molecule has 3 heteroatoms. The van der Waals surface area contributed by atoms with Crippen LogP contribution < -0.4 is 5.32 Å². The number of esters is 1. The fraction of sp³-hybridized carbons (Fsp3) is 0.611. The zero-order chi connectivity index (χ0) is 14.9. The van der Waals surface area contributed by atoms with E-state index in [4.69, 9.17) is 4.74 Å². The summed E-state index contributed by atoms with van der Waals surface area (Å²) < 4.78 is 5.17. The largest absolute Gasteiger partial charge is 0.467 e. The summed E-state index contributed by atoms with van der Waals surface area (Å²) in [6.07, 6.45) is 7.93. The average molecular weight is 287 g/mol. The van der Waals surface area contributed by atoms with Gasteiger partial charge in [-0.05, 0) is 43.7 Å². The molecule has 1 saturated carbocycles. The number of methoxy groups -OCH3 is 1. The third-order valence-corrected chi connectivity index (χ3v) is 5.08. The number of aryl methyl sites for hydroxylation is 2. The van der Waals surface area contributed by atoms with Crippen molar-refractivity contribution in [2.45, 2.75) is 63.5 Å². The minimum absolute atomic E-state index is 0.127. The number of rotatable bonds is 3. The topological polar surface area (TPSA) is 38.3 Å². The number of hydrogen-bond donors (Lipinski definition) is 1. The van der Waals surface area contributed by atoms with Gasteiger partial charge in [0.05, 0.1) is 7.11 Å². The average Bonchev–Trinajstić information content (AvgIpc) is 2.87. The molecule has 0 aromatic heterocycles. The van der Waals surface area contributed by atoms with E-state index in [1.165, 1.54) is 50.3 Å². The van der Waals surface area contributed by atoms with Gasteiger partial charge in [-0.2, -0.15) is 0 Å². The van der Waals surface area contributed by atoms with E-state index in [0.717, 1.165) is 18.4 Å². The highest BCUT2D eigenvalue weighted by atomic mass is 16.5. The summed E-state index contributed by atoms with van der Waals surface area (Å²) in [5, 5.41) is 3.69. The van der Waals surface area contributed by atoms with E-state index >= 15 is 0 Å². The highest BCUT2D eigenvalue weighted by Gasteiger charge is 2.47. The fourth-order valence-electron chi connectivity index (χ4n) is 3.95. The fourth-order valence-corrected chi connectivity index (χ4v) is 3.95. The van der Waals surface area contributed by atoms with Crippen LogP contribution in [-0.4, -0.2) is 19.1 Å². The van der Waals surface area contributed by atoms with Crippen molar-refractivity contribution in [2.24, 2.45) is 0 Å². The van der Waals surface area contributed by atoms with Crippen molar-refractivity contribution in [3.05, 3.63) is 34.9 Å². The van der Waals surface area contributed by atoms with Gasteiger partial charge in [0.1, 0.15) is 5.54 Å². The van der Waals surface area contributed by atoms with Gasteiger partial charge in [0.15, 0.2) is 0 Å². The Morgan fingerprint density at radius 2 is 2.05 bits per heavy atom. The molecular weight excluding hydrogens is 262 g/mol. The maximum absolute atomic E-state index is 12.6. The first-order valence-electron chi connectivity index (χ1n) is 8.12. The van der Waals surface area contributed by atoms with Gasteiger partial charge < -0.3 is 4.74 Å². The Kier molecular flexibility index (Phi) is 4.03. The number of benzene rings is 1. The molecular formula is C18H25NO2. The summed E-state index contributed by atoms with van der Waals surface area (Å²) in [5.74, 6) is -0.127. The lowest BCUT2D eigenvalue weighted by atomic mass is 9.86. The zero-order valence-electron chi connectivity index (χ0n) is 13.1. The SMILES string of the molecule is COC(=O)C1(NC2CCCCC2)CCc2ccc(C)cc21. The van der Waals surface area contributed by atoms with Crippen molar-refractivity contribution in [3.8, 4) is 0 Å². The number of nitrogens with one attached hydrogen (secondary N) is 1. The molecule has 0 spiro atoms. The summed E-state index contributed by atoms with van der Waals surface area (Å²) in [4.78, 5) is 12.6. The van der Waals surface area contributed by atoms with Crippen LogP contribution in [-0.2, 0) is 21.5 Å². The van der Waals surface area contributed by atoms with Gasteiger partial charge in [-0.25, -0.2) is 4.79 Å². The van der Waals surface area contributed by atoms with Gasteiger partial charge in [-0.1, -0.05) is 43.0 Å². The van der Waals surface area contributed by atoms with Crippen molar-refractivity contribution >= 4 is 5.97 Å². The van der Waals surface area contributed by atoms with E-state index in [9.17, 15) is 4.79 Å². The van der Waals surface area contributed by atoms with Gasteiger partial charge >= 0.3 is 5.97 Å². The minimum atomic E-state index is -0.627. The lowest BCUT2D eigenvalue weighted by Gasteiger charge is -2.35. The van der Waals surface area contributed by atoms with Gasteiger partial charge in [0, 0.05) is 6.04 Å². The molecule has 3 rings (SSSR count). The molecule has 1 atom stereocenters. The molecule has 0 aliphatic heterocycles. The molecule has 2 aliphatic carbocycles. The summed E-state index contributed by atoms with van der Waals surface area (Å²) in [7, 11) is 1.50. The summed E-state index contributed by atoms with van der Waals surface area (Å²) >= 11 is 0. The van der Waals surface area contributed by atoms with Crippen LogP contribution in [0.15, 0.2) is 18.2 Å². The van der Waals surface area contributed by atoms with E-state index in [-0.39, 0.29) is 5.97 Å². The highest BCUT2D eigenvalue weighted by molar-refractivity contribution is 5.84. The van der Waals surface area contributed by atoms with Crippen LogP contribution in [0.2, 0.25) is 0 Å². The normalized spacial score (nSPS) is 25.6. The standard InChI is InChI=1S/C18H25NO2/c1-13-8-9-14-10-11-18(16(14)12-13,17(20)21-2)19-15-6-4-3-5-7-15/h8-9,12,15,19H,3-7,10-11H2,1-2H3. The lowest BCUT2D eigenvalue weighted by Crippen LogP contribution is -2.53. The molecule has 114 valence electrons. The molecule has 1 aromatic carbocycles. The van der Waals surface area contributed by atoms with Crippen LogP contribution in [0.3, 0.4) is 0 Å². The predicted molar refractivity (Wildman–Crippen MR) is 83.2 cm³/mol. The Labute approximate surface area is 127 Å². The smallest absolute Gasteiger partial charge is 0.330 e. The zero-order valence-corrected chi connectivity index (χ0v) is 13.1. The molecule has 21 heavy (non-hydrogen) atoms. The van der Waals surface area contributed by atoms with Crippen LogP contribution in [0.1, 0.15) is 55.2 Å². The number of ether oxygens (including phenoxy) is 1. The van der Waals surface area contributed by atoms with Gasteiger partial charge in [0.25, 0.3) is 0 Å². The summed E-state index contributed by atoms with van der Waals surface area (Å²) in [5.41, 5.74) is 3.00. The molecule has 0 radical (unpaired) electrons. The second kappa shape index (κ2) is 5.80. The van der Waals surface area contributed by atoms with Crippen LogP contribution in [0.25, 0.3) is 0 Å². The first-order valence-corrected chi connectivity index (χ1v) is 8.12. The molecule has 0 bridgehead atoms. The third-order valence-electron chi connectivity index (χ3n) is 5.08. The van der Waals surface area contributed by atoms with Gasteiger partial charge in [-0.3, -0.25) is 5.32 Å². The molecule has 3 nitrogen and oxygen atoms in total. The quantitative estimate of drug-likeness (QED) is 0.867. The Balaban J connectivity index is 1.96. The maximum atomic E-state index is 12.6. The van der Waals surface area contributed by atoms with Gasteiger partial charge in [-0.15, -0.1) is 0 Å². The van der Waals surface area contributed by atoms with Gasteiger partial charge in [0.2, 0.25) is 0 Å². The Hall–Kier alpha value is -1.35. The van der Waals surface area contributed by atoms with Crippen LogP contribution >= 0.6 is 0 Å². The molecule has 1 N–H and O–H groups in total. The monoisotopic (exact) mass is 287 g/mol. The van der Waals surface area contributed by atoms with E-state index in [1.54, 1.807) is 0 Å². The van der Waals surface area contributed by atoms with Crippen molar-refractivity contribution < 1.29 is 9.53 Å². The molecule has 1 unspecified atom stereocenters. The maximum Gasteiger partial charge on any atom is 0.330 e. The summed E-state index contributed by atoms with van der Waals surface area (Å²) in [6, 6.07) is 6.89. The Morgan fingerprint density at radius 1 is 1.29 bits per heavy atom. The van der Waals surface area contributed by atoms with E-state index < -0.39 is 5.54 Å². The molecule has 0 amide bonds. The highest BCUT2D eigenvalue weighted by Crippen LogP contribution is 2.40. The van der Waals surface area contributed by atoms with E-state index in [2.05, 4.69) is 30.4 Å². The van der Waals surface area contributed by atoms with Crippen molar-refractivity contribution in [1.29, 1.82) is 0 Å². The first kappa shape index (κ1) is 14.6. The number of hydrogen-bond acceptors (Lipinski definition) is 3. The molecule has 0 heterocycles. The Morgan fingerprint density at radius 3 is 2.76 bits per heavy atom.